The van der Waals surface area contributed by atoms with Gasteiger partial charge < -0.3 is 16.0 Å². The summed E-state index contributed by atoms with van der Waals surface area (Å²) in [6.45, 7) is 11.4. The summed E-state index contributed by atoms with van der Waals surface area (Å²) in [4.78, 5) is 14.3. The van der Waals surface area contributed by atoms with Crippen molar-refractivity contribution < 1.29 is 4.79 Å². The number of benzene rings is 1. The van der Waals surface area contributed by atoms with Crippen LogP contribution in [0.25, 0.3) is 0 Å². The summed E-state index contributed by atoms with van der Waals surface area (Å²) in [5.41, 5.74) is 8.85. The first-order valence-corrected chi connectivity index (χ1v) is 7.75. The molecule has 1 amide bonds. The molecule has 0 spiro atoms. The molecule has 0 saturated carbocycles. The van der Waals surface area contributed by atoms with Crippen LogP contribution in [0.5, 0.6) is 0 Å². The lowest BCUT2D eigenvalue weighted by atomic mass is 9.80. The van der Waals surface area contributed by atoms with Crippen LogP contribution in [-0.2, 0) is 0 Å². The Labute approximate surface area is 127 Å². The molecule has 116 valence electrons. The minimum Gasteiger partial charge on any atom is -0.397 e. The van der Waals surface area contributed by atoms with Crippen molar-refractivity contribution in [2.45, 2.75) is 34.1 Å². The van der Waals surface area contributed by atoms with E-state index in [4.69, 9.17) is 5.73 Å². The van der Waals surface area contributed by atoms with Crippen LogP contribution < -0.4 is 16.0 Å². The molecule has 0 radical (unpaired) electrons. The van der Waals surface area contributed by atoms with Crippen molar-refractivity contribution >= 4 is 17.3 Å². The maximum Gasteiger partial charge on any atom is 0.251 e. The van der Waals surface area contributed by atoms with Crippen LogP contribution in [0.4, 0.5) is 11.4 Å². The second kappa shape index (κ2) is 5.96. The largest absolute Gasteiger partial charge is 0.397 e. The number of nitrogens with zero attached hydrogens (tertiary/aromatic N) is 1. The van der Waals surface area contributed by atoms with Gasteiger partial charge in [-0.15, -0.1) is 0 Å². The lowest BCUT2D eigenvalue weighted by Crippen LogP contribution is -2.27. The van der Waals surface area contributed by atoms with E-state index in [1.165, 1.54) is 6.42 Å². The summed E-state index contributed by atoms with van der Waals surface area (Å²) in [7, 11) is 0. The van der Waals surface area contributed by atoms with E-state index in [1.54, 1.807) is 6.07 Å². The highest BCUT2D eigenvalue weighted by Crippen LogP contribution is 2.37. The van der Waals surface area contributed by atoms with E-state index in [0.29, 0.717) is 23.4 Å². The zero-order valence-electron chi connectivity index (χ0n) is 13.6. The minimum atomic E-state index is -0.0367. The van der Waals surface area contributed by atoms with Crippen LogP contribution in [0.15, 0.2) is 18.2 Å². The number of carbonyl (C=O) groups is 1. The number of nitrogens with one attached hydrogen (secondary N) is 1. The number of nitrogen functional groups attached to an aromatic ring is 1. The Morgan fingerprint density at radius 1 is 1.43 bits per heavy atom. The van der Waals surface area contributed by atoms with Gasteiger partial charge in [0.15, 0.2) is 0 Å². The first kappa shape index (κ1) is 15.7. The van der Waals surface area contributed by atoms with Crippen LogP contribution in [-0.4, -0.2) is 25.5 Å². The van der Waals surface area contributed by atoms with Crippen LogP contribution in [0.3, 0.4) is 0 Å². The van der Waals surface area contributed by atoms with Crippen molar-refractivity contribution in [3.05, 3.63) is 23.8 Å². The summed E-state index contributed by atoms with van der Waals surface area (Å²) in [5, 5.41) is 2.83. The Kier molecular flexibility index (Phi) is 4.45. The predicted molar refractivity (Wildman–Crippen MR) is 88.6 cm³/mol. The molecule has 0 bridgehead atoms. The van der Waals surface area contributed by atoms with Crippen molar-refractivity contribution in [1.29, 1.82) is 0 Å². The Bertz CT molecular complexity index is 519. The molecule has 1 heterocycles. The smallest absolute Gasteiger partial charge is 0.251 e. The Balaban J connectivity index is 2.20. The van der Waals surface area contributed by atoms with E-state index < -0.39 is 0 Å². The third-order valence-electron chi connectivity index (χ3n) is 4.38. The normalized spacial score (nSPS) is 18.9. The van der Waals surface area contributed by atoms with E-state index in [0.717, 1.165) is 24.5 Å². The van der Waals surface area contributed by atoms with Crippen molar-refractivity contribution in [1.82, 2.24) is 5.32 Å². The van der Waals surface area contributed by atoms with Gasteiger partial charge in [-0.3, -0.25) is 4.79 Å². The standard InChI is InChI=1S/C17H27N3O/c1-5-19-16(21)12-6-7-14(18)15(10-12)20-9-8-13(11-20)17(2,3)4/h6-7,10,13H,5,8-9,11,18H2,1-4H3,(H,19,21). The molecule has 4 nitrogen and oxygen atoms in total. The Morgan fingerprint density at radius 3 is 2.71 bits per heavy atom. The number of nitrogens with two attached hydrogens (primary N) is 1. The van der Waals surface area contributed by atoms with E-state index in [-0.39, 0.29) is 5.91 Å². The molecule has 4 heteroatoms. The van der Waals surface area contributed by atoms with Gasteiger partial charge in [0.05, 0.1) is 11.4 Å². The molecule has 1 fully saturated rings. The van der Waals surface area contributed by atoms with Gasteiger partial charge in [-0.1, -0.05) is 20.8 Å². The molecular formula is C17H27N3O. The fourth-order valence-electron chi connectivity index (χ4n) is 2.91. The van der Waals surface area contributed by atoms with Gasteiger partial charge in [0.25, 0.3) is 5.91 Å². The maximum absolute atomic E-state index is 12.0. The molecular weight excluding hydrogens is 262 g/mol. The third-order valence-corrected chi connectivity index (χ3v) is 4.38. The van der Waals surface area contributed by atoms with Crippen molar-refractivity contribution in [2.75, 3.05) is 30.3 Å². The van der Waals surface area contributed by atoms with Crippen LogP contribution >= 0.6 is 0 Å². The van der Waals surface area contributed by atoms with E-state index in [2.05, 4.69) is 31.0 Å². The van der Waals surface area contributed by atoms with Gasteiger partial charge in [-0.05, 0) is 42.9 Å². The molecule has 1 aromatic carbocycles. The molecule has 1 atom stereocenters. The summed E-state index contributed by atoms with van der Waals surface area (Å²) in [6.07, 6.45) is 1.17. The molecule has 0 aromatic heterocycles. The topological polar surface area (TPSA) is 58.4 Å². The Morgan fingerprint density at radius 2 is 2.14 bits per heavy atom. The molecule has 1 aliphatic heterocycles. The fourth-order valence-corrected chi connectivity index (χ4v) is 2.91. The first-order valence-electron chi connectivity index (χ1n) is 7.75. The van der Waals surface area contributed by atoms with Crippen LogP contribution in [0.1, 0.15) is 44.5 Å². The van der Waals surface area contributed by atoms with Gasteiger partial charge in [0.2, 0.25) is 0 Å². The van der Waals surface area contributed by atoms with E-state index in [1.807, 2.05) is 19.1 Å². The van der Waals surface area contributed by atoms with Crippen molar-refractivity contribution in [3.63, 3.8) is 0 Å². The molecule has 1 aliphatic rings. The second-order valence-corrected chi connectivity index (χ2v) is 6.93. The highest BCUT2D eigenvalue weighted by Gasteiger charge is 2.32. The molecule has 21 heavy (non-hydrogen) atoms. The second-order valence-electron chi connectivity index (χ2n) is 6.93. The number of hydrogen-bond donors (Lipinski definition) is 2. The van der Waals surface area contributed by atoms with Crippen molar-refractivity contribution in [2.24, 2.45) is 11.3 Å². The Hall–Kier alpha value is -1.71. The summed E-state index contributed by atoms with van der Waals surface area (Å²) in [6, 6.07) is 5.55. The number of rotatable bonds is 3. The summed E-state index contributed by atoms with van der Waals surface area (Å²) >= 11 is 0. The molecule has 1 aromatic rings. The molecule has 1 saturated heterocycles. The molecule has 3 N–H and O–H groups in total. The number of amides is 1. The fraction of sp³-hybridized carbons (Fsp3) is 0.588. The van der Waals surface area contributed by atoms with Crippen molar-refractivity contribution in [3.8, 4) is 0 Å². The highest BCUT2D eigenvalue weighted by molar-refractivity contribution is 5.96. The lowest BCUT2D eigenvalue weighted by molar-refractivity contribution is 0.0956. The maximum atomic E-state index is 12.0. The summed E-state index contributed by atoms with van der Waals surface area (Å²) < 4.78 is 0. The van der Waals surface area contributed by atoms with Gasteiger partial charge in [0.1, 0.15) is 0 Å². The monoisotopic (exact) mass is 289 g/mol. The zero-order valence-corrected chi connectivity index (χ0v) is 13.6. The zero-order chi connectivity index (χ0) is 15.6. The number of carbonyl (C=O) groups excluding carboxylic acids is 1. The quantitative estimate of drug-likeness (QED) is 0.841. The van der Waals surface area contributed by atoms with Crippen LogP contribution in [0, 0.1) is 11.3 Å². The number of anilines is 2. The molecule has 1 unspecified atom stereocenters. The lowest BCUT2D eigenvalue weighted by Gasteiger charge is -2.28. The number of hydrogen-bond acceptors (Lipinski definition) is 3. The minimum absolute atomic E-state index is 0.0367. The van der Waals surface area contributed by atoms with E-state index >= 15 is 0 Å². The van der Waals surface area contributed by atoms with Gasteiger partial charge in [0, 0.05) is 25.2 Å². The van der Waals surface area contributed by atoms with Gasteiger partial charge >= 0.3 is 0 Å². The average molecular weight is 289 g/mol. The first-order chi connectivity index (χ1) is 9.82. The molecule has 2 rings (SSSR count). The highest BCUT2D eigenvalue weighted by atomic mass is 16.1. The van der Waals surface area contributed by atoms with Gasteiger partial charge in [-0.25, -0.2) is 0 Å². The van der Waals surface area contributed by atoms with Gasteiger partial charge in [-0.2, -0.15) is 0 Å². The summed E-state index contributed by atoms with van der Waals surface area (Å²) in [5.74, 6) is 0.621. The predicted octanol–water partition coefficient (Wildman–Crippen LogP) is 2.89. The average Bonchev–Trinajstić information content (AvgIpc) is 2.89. The van der Waals surface area contributed by atoms with Crippen LogP contribution in [0.2, 0.25) is 0 Å². The molecule has 0 aliphatic carbocycles. The third kappa shape index (κ3) is 3.49. The SMILES string of the molecule is CCNC(=O)c1ccc(N)c(N2CCC(C(C)(C)C)C2)c1. The van der Waals surface area contributed by atoms with E-state index in [9.17, 15) is 4.79 Å².